The van der Waals surface area contributed by atoms with Crippen LogP contribution in [0, 0.1) is 37.5 Å². The van der Waals surface area contributed by atoms with Gasteiger partial charge >= 0.3 is 11.4 Å². The lowest BCUT2D eigenvalue weighted by Crippen LogP contribution is -2.06. The molecule has 0 saturated carbocycles. The number of rotatable bonds is 0. The van der Waals surface area contributed by atoms with Crippen LogP contribution >= 0.6 is 0 Å². The average Bonchev–Trinajstić information content (AvgIpc) is 3.15. The molecule has 0 radical (unpaired) electrons. The van der Waals surface area contributed by atoms with Crippen LogP contribution in [0.1, 0.15) is 33.4 Å². The largest absolute Gasteiger partial charge is 0.417 e. The Labute approximate surface area is 247 Å². The summed E-state index contributed by atoms with van der Waals surface area (Å²) in [6.45, 7) is 4.13. The van der Waals surface area contributed by atoms with E-state index in [4.69, 9.17) is 8.37 Å². The lowest BCUT2D eigenvalue weighted by molar-refractivity contribution is 0.469. The van der Waals surface area contributed by atoms with E-state index in [9.17, 15) is 4.21 Å². The molecule has 0 amide bonds. The molecule has 0 aromatic heterocycles. The zero-order valence-electron chi connectivity index (χ0n) is 23.0. The Morgan fingerprint density at radius 3 is 1.29 bits per heavy atom. The molecule has 0 bridgehead atoms. The lowest BCUT2D eigenvalue weighted by Gasteiger charge is -2.13. The Hall–Kier alpha value is -5.29. The minimum absolute atomic E-state index is 0.508. The minimum Gasteiger partial charge on any atom is -0.370 e. The lowest BCUT2D eigenvalue weighted by atomic mass is 9.91. The highest BCUT2D eigenvalue weighted by atomic mass is 32.2. The minimum atomic E-state index is -1.97. The molecule has 0 N–H and O–H groups in total. The molecule has 1 aliphatic rings. The summed E-state index contributed by atoms with van der Waals surface area (Å²) in [5.74, 6) is 14.1. The third kappa shape index (κ3) is 5.01. The van der Waals surface area contributed by atoms with Gasteiger partial charge in [-0.15, -0.1) is 0 Å². The monoisotopic (exact) mass is 560 g/mol. The molecule has 4 heteroatoms. The molecule has 6 aromatic rings. The van der Waals surface area contributed by atoms with Crippen molar-refractivity contribution in [1.29, 1.82) is 0 Å². The van der Waals surface area contributed by atoms with E-state index in [1.165, 1.54) is 11.1 Å². The van der Waals surface area contributed by atoms with Crippen LogP contribution in [0.15, 0.2) is 109 Å². The van der Waals surface area contributed by atoms with Crippen molar-refractivity contribution in [3.05, 3.63) is 143 Å². The Morgan fingerprint density at radius 1 is 0.476 bits per heavy atom. The second-order valence-electron chi connectivity index (χ2n) is 10.4. The van der Waals surface area contributed by atoms with Gasteiger partial charge in [-0.2, -0.15) is 4.21 Å². The van der Waals surface area contributed by atoms with E-state index >= 15 is 0 Å². The number of hydrogen-bond acceptors (Lipinski definition) is 3. The summed E-state index contributed by atoms with van der Waals surface area (Å²) in [6.07, 6.45) is 0. The van der Waals surface area contributed by atoms with Gasteiger partial charge in [-0.05, 0) is 96.1 Å². The second-order valence-corrected chi connectivity index (χ2v) is 11.1. The van der Waals surface area contributed by atoms with Gasteiger partial charge in [-0.3, -0.25) is 0 Å². The first-order chi connectivity index (χ1) is 20.5. The first-order valence-electron chi connectivity index (χ1n) is 13.6. The summed E-state index contributed by atoms with van der Waals surface area (Å²) in [4.78, 5) is 0. The second kappa shape index (κ2) is 10.6. The van der Waals surface area contributed by atoms with Crippen LogP contribution in [0.2, 0.25) is 0 Å². The Bertz CT molecular complexity index is 2010. The van der Waals surface area contributed by atoms with Crippen molar-refractivity contribution in [2.75, 3.05) is 0 Å². The topological polar surface area (TPSA) is 35.5 Å². The third-order valence-corrected chi connectivity index (χ3v) is 7.97. The van der Waals surface area contributed by atoms with Gasteiger partial charge in [0.1, 0.15) is 0 Å². The molecule has 1 heterocycles. The molecule has 3 nitrogen and oxygen atoms in total. The van der Waals surface area contributed by atoms with Crippen molar-refractivity contribution in [1.82, 2.24) is 0 Å². The third-order valence-electron chi connectivity index (χ3n) is 7.33. The van der Waals surface area contributed by atoms with Crippen LogP contribution in [0.3, 0.4) is 0 Å². The van der Waals surface area contributed by atoms with Gasteiger partial charge in [0, 0.05) is 33.4 Å². The zero-order chi connectivity index (χ0) is 28.6. The highest BCUT2D eigenvalue weighted by Gasteiger charge is 2.25. The molecule has 0 spiro atoms. The highest BCUT2D eigenvalue weighted by Crippen LogP contribution is 2.47. The maximum atomic E-state index is 12.7. The predicted octanol–water partition coefficient (Wildman–Crippen LogP) is 8.43. The molecule has 42 heavy (non-hydrogen) atoms. The fraction of sp³-hybridized carbons (Fsp3) is 0.0526. The van der Waals surface area contributed by atoms with Crippen LogP contribution in [0.4, 0.5) is 0 Å². The molecule has 6 aromatic carbocycles. The average molecular weight is 561 g/mol. The summed E-state index contributed by atoms with van der Waals surface area (Å²) >= 11 is -1.97. The first-order valence-corrected chi connectivity index (χ1v) is 14.6. The Balaban J connectivity index is 1.34. The number of aryl methyl sites for hydroxylation is 2. The van der Waals surface area contributed by atoms with E-state index in [0.29, 0.717) is 11.5 Å². The molecule has 1 aliphatic heterocycles. The van der Waals surface area contributed by atoms with Gasteiger partial charge in [0.15, 0.2) is 11.5 Å². The fourth-order valence-electron chi connectivity index (χ4n) is 5.16. The van der Waals surface area contributed by atoms with E-state index < -0.39 is 11.4 Å². The van der Waals surface area contributed by atoms with E-state index in [0.717, 1.165) is 54.9 Å². The highest BCUT2D eigenvalue weighted by molar-refractivity contribution is 7.76. The van der Waals surface area contributed by atoms with Gasteiger partial charge in [0.05, 0.1) is 0 Å². The summed E-state index contributed by atoms with van der Waals surface area (Å²) in [5.41, 5.74) is 7.86. The number of benzene rings is 6. The molecule has 200 valence electrons. The molecule has 0 atom stereocenters. The Morgan fingerprint density at radius 2 is 0.857 bits per heavy atom. The van der Waals surface area contributed by atoms with Crippen LogP contribution in [-0.4, -0.2) is 4.21 Å². The summed E-state index contributed by atoms with van der Waals surface area (Å²) in [5, 5.41) is 3.94. The molecule has 0 unspecified atom stereocenters. The van der Waals surface area contributed by atoms with Gasteiger partial charge in [0.25, 0.3) is 0 Å². The smallest absolute Gasteiger partial charge is 0.370 e. The molecule has 0 aliphatic carbocycles. The van der Waals surface area contributed by atoms with Crippen molar-refractivity contribution in [2.45, 2.75) is 13.8 Å². The van der Waals surface area contributed by atoms with E-state index in [2.05, 4.69) is 86.1 Å². The van der Waals surface area contributed by atoms with Crippen molar-refractivity contribution < 1.29 is 12.6 Å². The van der Waals surface area contributed by atoms with Gasteiger partial charge < -0.3 is 8.37 Å². The van der Waals surface area contributed by atoms with E-state index in [1.807, 2.05) is 60.7 Å². The summed E-state index contributed by atoms with van der Waals surface area (Å²) < 4.78 is 24.2. The standard InChI is InChI=1S/C38H24O3S/c1-25-3-7-27(8-4-25)11-13-29-15-19-33-31(23-29)17-21-35-37(33)38-34-20-16-30(14-12-28-9-5-26(2)6-10-28)24-32(34)18-22-36(38)41-42(39)40-35/h3-10,15-24H,1-2H3. The van der Waals surface area contributed by atoms with Crippen molar-refractivity contribution in [2.24, 2.45) is 0 Å². The molecule has 7 rings (SSSR count). The normalized spacial score (nSPS) is 12.0. The first kappa shape index (κ1) is 25.7. The summed E-state index contributed by atoms with van der Waals surface area (Å²) in [6, 6.07) is 36.3. The molecular formula is C38H24O3S. The van der Waals surface area contributed by atoms with Crippen molar-refractivity contribution >= 4 is 32.9 Å². The van der Waals surface area contributed by atoms with Gasteiger partial charge in [0.2, 0.25) is 0 Å². The fourth-order valence-corrected chi connectivity index (χ4v) is 5.76. The Kier molecular flexibility index (Phi) is 6.48. The zero-order valence-corrected chi connectivity index (χ0v) is 23.8. The van der Waals surface area contributed by atoms with Crippen LogP contribution in [0.5, 0.6) is 11.5 Å². The maximum Gasteiger partial charge on any atom is 0.417 e. The van der Waals surface area contributed by atoms with Crippen molar-refractivity contribution in [3.63, 3.8) is 0 Å². The predicted molar refractivity (Wildman–Crippen MR) is 171 cm³/mol. The van der Waals surface area contributed by atoms with E-state index in [1.54, 1.807) is 0 Å². The summed E-state index contributed by atoms with van der Waals surface area (Å²) in [7, 11) is 0. The number of hydrogen-bond donors (Lipinski definition) is 0. The van der Waals surface area contributed by atoms with Crippen LogP contribution in [-0.2, 0) is 11.4 Å². The van der Waals surface area contributed by atoms with Crippen molar-refractivity contribution in [3.8, 4) is 46.3 Å². The van der Waals surface area contributed by atoms with Crippen LogP contribution in [0.25, 0.3) is 32.7 Å². The maximum absolute atomic E-state index is 12.7. The molecule has 0 fully saturated rings. The molecular weight excluding hydrogens is 536 g/mol. The van der Waals surface area contributed by atoms with E-state index in [-0.39, 0.29) is 0 Å². The van der Waals surface area contributed by atoms with Gasteiger partial charge in [-0.1, -0.05) is 83.3 Å². The van der Waals surface area contributed by atoms with Gasteiger partial charge in [-0.25, -0.2) is 0 Å². The molecule has 0 saturated heterocycles. The quantitative estimate of drug-likeness (QED) is 0.175. The SMILES string of the molecule is Cc1ccc(C#Cc2ccc3c4c(ccc3c2)OS(=O)Oc2ccc3cc(C#Cc5ccc(C)cc5)ccc3c2-4)cc1. The number of fused-ring (bicyclic) bond motifs is 7. The van der Waals surface area contributed by atoms with Crippen LogP contribution < -0.4 is 8.37 Å².